The van der Waals surface area contributed by atoms with Gasteiger partial charge < -0.3 is 14.0 Å². The van der Waals surface area contributed by atoms with Crippen molar-refractivity contribution in [3.8, 4) is 28.0 Å². The van der Waals surface area contributed by atoms with Crippen molar-refractivity contribution in [1.82, 2.24) is 19.5 Å². The zero-order valence-electron chi connectivity index (χ0n) is 22.0. The van der Waals surface area contributed by atoms with E-state index in [1.165, 1.54) is 19.3 Å². The SMILES string of the molecule is O=S(O)c1ccc(-c2cnn3cc(-c4ccc(OC5(CN6CCCCC6)COC5)cc4)cnc23)c2ccccc12. The fourth-order valence-electron chi connectivity index (χ4n) is 5.88. The molecule has 3 aromatic carbocycles. The largest absolute Gasteiger partial charge is 0.481 e. The summed E-state index contributed by atoms with van der Waals surface area (Å²) >= 11 is -2.07. The van der Waals surface area contributed by atoms with Crippen LogP contribution in [0.2, 0.25) is 0 Å². The summed E-state index contributed by atoms with van der Waals surface area (Å²) in [5.74, 6) is 0.846. The van der Waals surface area contributed by atoms with Crippen LogP contribution in [0.1, 0.15) is 19.3 Å². The molecule has 0 amide bonds. The molecule has 0 radical (unpaired) electrons. The molecule has 0 saturated carbocycles. The first-order valence-electron chi connectivity index (χ1n) is 13.6. The molecule has 4 heterocycles. The molecule has 0 bridgehead atoms. The molecule has 2 aliphatic rings. The van der Waals surface area contributed by atoms with Crippen LogP contribution in [0.25, 0.3) is 38.7 Å². The van der Waals surface area contributed by atoms with Gasteiger partial charge in [0.1, 0.15) is 5.75 Å². The molecule has 7 rings (SSSR count). The first-order chi connectivity index (χ1) is 19.6. The third-order valence-electron chi connectivity index (χ3n) is 7.93. The van der Waals surface area contributed by atoms with Crippen LogP contribution in [0, 0.1) is 0 Å². The van der Waals surface area contributed by atoms with Gasteiger partial charge in [0.2, 0.25) is 0 Å². The molecule has 204 valence electrons. The predicted molar refractivity (Wildman–Crippen MR) is 155 cm³/mol. The van der Waals surface area contributed by atoms with Gasteiger partial charge >= 0.3 is 0 Å². The van der Waals surface area contributed by atoms with Crippen LogP contribution in [0.4, 0.5) is 0 Å². The van der Waals surface area contributed by atoms with E-state index in [9.17, 15) is 8.76 Å². The molecule has 1 atom stereocenters. The molecule has 5 aromatic rings. The van der Waals surface area contributed by atoms with E-state index in [4.69, 9.17) is 14.5 Å². The quantitative estimate of drug-likeness (QED) is 0.268. The Hall–Kier alpha value is -3.63. The number of piperidine rings is 1. The molecule has 1 N–H and O–H groups in total. The summed E-state index contributed by atoms with van der Waals surface area (Å²) in [7, 11) is 0. The van der Waals surface area contributed by atoms with Gasteiger partial charge in [-0.1, -0.05) is 48.9 Å². The number of aromatic nitrogens is 3. The second kappa shape index (κ2) is 10.4. The van der Waals surface area contributed by atoms with Crippen molar-refractivity contribution in [2.24, 2.45) is 0 Å². The fourth-order valence-corrected chi connectivity index (χ4v) is 6.43. The maximum atomic E-state index is 11.9. The van der Waals surface area contributed by atoms with E-state index in [1.54, 1.807) is 16.8 Å². The normalized spacial score (nSPS) is 18.0. The Labute approximate surface area is 234 Å². The summed E-state index contributed by atoms with van der Waals surface area (Å²) in [5.41, 5.74) is 4.20. The third-order valence-corrected chi connectivity index (χ3v) is 8.66. The van der Waals surface area contributed by atoms with Crippen molar-refractivity contribution in [2.45, 2.75) is 29.8 Å². The lowest BCUT2D eigenvalue weighted by atomic mass is 9.99. The fraction of sp³-hybridized carbons (Fsp3) is 0.290. The smallest absolute Gasteiger partial charge is 0.187 e. The van der Waals surface area contributed by atoms with Crippen molar-refractivity contribution >= 4 is 27.5 Å². The maximum absolute atomic E-state index is 11.9. The molecule has 0 aliphatic carbocycles. The van der Waals surface area contributed by atoms with Gasteiger partial charge in [0.15, 0.2) is 22.3 Å². The summed E-state index contributed by atoms with van der Waals surface area (Å²) in [6.45, 7) is 4.44. The van der Waals surface area contributed by atoms with Gasteiger partial charge in [0, 0.05) is 35.5 Å². The molecule has 0 spiro atoms. The number of hydrogen-bond acceptors (Lipinski definition) is 6. The first kappa shape index (κ1) is 25.3. The standard InChI is InChI=1S/C31H30N4O4S/c36-40(37)29-13-12-26(25-6-2-3-7-27(25)29)28-17-33-35-18-23(16-32-30(28)35)22-8-10-24(11-9-22)39-31(20-38-21-31)19-34-14-4-1-5-15-34/h2-3,6-13,16-18H,1,4-5,14-15,19-21H2,(H,36,37). The second-order valence-corrected chi connectivity index (χ2v) is 11.7. The highest BCUT2D eigenvalue weighted by Gasteiger charge is 2.42. The summed E-state index contributed by atoms with van der Waals surface area (Å²) in [6, 6.07) is 19.3. The molecule has 40 heavy (non-hydrogen) atoms. The molecule has 1 unspecified atom stereocenters. The van der Waals surface area contributed by atoms with E-state index in [1.807, 2.05) is 54.9 Å². The molecule has 9 heteroatoms. The number of likely N-dealkylation sites (tertiary alicyclic amines) is 1. The first-order valence-corrected chi connectivity index (χ1v) is 14.8. The van der Waals surface area contributed by atoms with E-state index in [0.29, 0.717) is 18.1 Å². The minimum Gasteiger partial charge on any atom is -0.481 e. The molecule has 2 fully saturated rings. The molecule has 2 aliphatic heterocycles. The Morgan fingerprint density at radius 3 is 2.40 bits per heavy atom. The number of fused-ring (bicyclic) bond motifs is 2. The average Bonchev–Trinajstić information content (AvgIpc) is 3.39. The Kier molecular flexibility index (Phi) is 6.59. The number of rotatable bonds is 7. The number of benzene rings is 3. The van der Waals surface area contributed by atoms with Crippen LogP contribution in [0.5, 0.6) is 5.75 Å². The second-order valence-electron chi connectivity index (χ2n) is 10.7. The highest BCUT2D eigenvalue weighted by molar-refractivity contribution is 7.79. The molecule has 2 saturated heterocycles. The van der Waals surface area contributed by atoms with Gasteiger partial charge in [-0.3, -0.25) is 4.90 Å². The van der Waals surface area contributed by atoms with Crippen molar-refractivity contribution in [3.63, 3.8) is 0 Å². The van der Waals surface area contributed by atoms with Crippen molar-refractivity contribution in [1.29, 1.82) is 0 Å². The molecular formula is C31H30N4O4S. The van der Waals surface area contributed by atoms with E-state index < -0.39 is 11.1 Å². The summed E-state index contributed by atoms with van der Waals surface area (Å²) in [4.78, 5) is 7.66. The Morgan fingerprint density at radius 1 is 0.900 bits per heavy atom. The lowest BCUT2D eigenvalue weighted by molar-refractivity contribution is -0.172. The average molecular weight is 555 g/mol. The summed E-state index contributed by atoms with van der Waals surface area (Å²) in [5, 5.41) is 6.21. The lowest BCUT2D eigenvalue weighted by Gasteiger charge is -2.45. The maximum Gasteiger partial charge on any atom is 0.187 e. The third kappa shape index (κ3) is 4.69. The zero-order chi connectivity index (χ0) is 27.1. The molecule has 2 aromatic heterocycles. The monoisotopic (exact) mass is 554 g/mol. The van der Waals surface area contributed by atoms with E-state index in [2.05, 4.69) is 22.1 Å². The van der Waals surface area contributed by atoms with Crippen LogP contribution in [-0.2, 0) is 15.8 Å². The predicted octanol–water partition coefficient (Wildman–Crippen LogP) is 5.43. The topological polar surface area (TPSA) is 89.2 Å². The Bertz CT molecular complexity index is 1710. The van der Waals surface area contributed by atoms with Crippen LogP contribution in [0.15, 0.2) is 84.1 Å². The van der Waals surface area contributed by atoms with Gasteiger partial charge in [-0.2, -0.15) is 5.10 Å². The Balaban J connectivity index is 1.14. The van der Waals surface area contributed by atoms with Gasteiger partial charge in [-0.15, -0.1) is 0 Å². The van der Waals surface area contributed by atoms with Crippen LogP contribution in [-0.4, -0.2) is 66.7 Å². The van der Waals surface area contributed by atoms with E-state index in [0.717, 1.165) is 64.1 Å². The van der Waals surface area contributed by atoms with Gasteiger partial charge in [0.25, 0.3) is 0 Å². The number of hydrogen-bond donors (Lipinski definition) is 1. The number of nitrogens with zero attached hydrogens (tertiary/aromatic N) is 4. The Morgan fingerprint density at radius 2 is 1.68 bits per heavy atom. The summed E-state index contributed by atoms with van der Waals surface area (Å²) < 4.78 is 35.4. The summed E-state index contributed by atoms with van der Waals surface area (Å²) in [6.07, 6.45) is 9.46. The van der Waals surface area contributed by atoms with Gasteiger partial charge in [0.05, 0.1) is 24.3 Å². The highest BCUT2D eigenvalue weighted by Crippen LogP contribution is 2.35. The highest BCUT2D eigenvalue weighted by atomic mass is 32.2. The lowest BCUT2D eigenvalue weighted by Crippen LogP contribution is -2.61. The van der Waals surface area contributed by atoms with E-state index >= 15 is 0 Å². The minimum absolute atomic E-state index is 0.265. The molecular weight excluding hydrogens is 524 g/mol. The van der Waals surface area contributed by atoms with Gasteiger partial charge in [-0.25, -0.2) is 13.7 Å². The van der Waals surface area contributed by atoms with Gasteiger partial charge in [-0.05, 0) is 60.6 Å². The van der Waals surface area contributed by atoms with Crippen LogP contribution >= 0.6 is 0 Å². The van der Waals surface area contributed by atoms with E-state index in [-0.39, 0.29) is 5.60 Å². The van der Waals surface area contributed by atoms with Crippen molar-refractivity contribution in [2.75, 3.05) is 32.8 Å². The van der Waals surface area contributed by atoms with Crippen molar-refractivity contribution < 1.29 is 18.2 Å². The number of ether oxygens (including phenoxy) is 2. The minimum atomic E-state index is -2.07. The van der Waals surface area contributed by atoms with Crippen LogP contribution < -0.4 is 4.74 Å². The van der Waals surface area contributed by atoms with Crippen LogP contribution in [0.3, 0.4) is 0 Å². The molecule has 8 nitrogen and oxygen atoms in total. The van der Waals surface area contributed by atoms with Crippen molar-refractivity contribution in [3.05, 3.63) is 79.3 Å². The zero-order valence-corrected chi connectivity index (χ0v) is 22.8.